The van der Waals surface area contributed by atoms with Crippen LogP contribution in [0, 0.1) is 5.92 Å². The maximum Gasteiger partial charge on any atom is 0.229 e. The fourth-order valence-electron chi connectivity index (χ4n) is 3.23. The summed E-state index contributed by atoms with van der Waals surface area (Å²) in [4.78, 5) is 22.9. The van der Waals surface area contributed by atoms with Crippen molar-refractivity contribution in [3.05, 3.63) is 54.4 Å². The zero-order valence-electron chi connectivity index (χ0n) is 14.1. The molecule has 0 saturated carbocycles. The van der Waals surface area contributed by atoms with Gasteiger partial charge >= 0.3 is 0 Å². The van der Waals surface area contributed by atoms with Gasteiger partial charge in [-0.3, -0.25) is 10.1 Å². The fourth-order valence-corrected chi connectivity index (χ4v) is 3.23. The topological polar surface area (TPSA) is 58.1 Å². The molecule has 1 saturated heterocycles. The van der Waals surface area contributed by atoms with E-state index in [9.17, 15) is 4.79 Å². The van der Waals surface area contributed by atoms with Gasteiger partial charge in [-0.25, -0.2) is 9.97 Å². The average Bonchev–Trinajstić information content (AvgIpc) is 2.64. The van der Waals surface area contributed by atoms with Crippen LogP contribution in [0.5, 0.6) is 0 Å². The van der Waals surface area contributed by atoms with E-state index in [1.807, 2.05) is 0 Å². The minimum atomic E-state index is 0.0388. The molecule has 24 heavy (non-hydrogen) atoms. The maximum absolute atomic E-state index is 12.3. The summed E-state index contributed by atoms with van der Waals surface area (Å²) < 4.78 is 0. The summed E-state index contributed by atoms with van der Waals surface area (Å²) in [6.45, 7) is 5.23. The second kappa shape index (κ2) is 8.02. The molecule has 0 unspecified atom stereocenters. The first-order valence-electron chi connectivity index (χ1n) is 8.57. The van der Waals surface area contributed by atoms with Crippen LogP contribution in [0.4, 0.5) is 5.95 Å². The quantitative estimate of drug-likeness (QED) is 0.919. The van der Waals surface area contributed by atoms with Crippen molar-refractivity contribution < 1.29 is 4.79 Å². The summed E-state index contributed by atoms with van der Waals surface area (Å²) in [6.07, 6.45) is 5.05. The number of amides is 1. The number of carbonyl (C=O) groups excluding carboxylic acids is 1. The average molecular weight is 324 g/mol. The first-order valence-corrected chi connectivity index (χ1v) is 8.57. The standard InChI is InChI=1S/C19H24N4O/c1-15(16-6-3-2-4-7-16)14-23-12-8-17(9-13-23)18(24)22-19-20-10-5-11-21-19/h2-7,10-11,15,17H,8-9,12-14H2,1H3,(H,20,21,22,24)/t15-/m0/s1. The van der Waals surface area contributed by atoms with E-state index in [1.165, 1.54) is 5.56 Å². The summed E-state index contributed by atoms with van der Waals surface area (Å²) >= 11 is 0. The van der Waals surface area contributed by atoms with Gasteiger partial charge in [0.25, 0.3) is 0 Å². The molecule has 0 spiro atoms. The Balaban J connectivity index is 1.46. The molecule has 1 amide bonds. The van der Waals surface area contributed by atoms with Crippen molar-refractivity contribution in [2.24, 2.45) is 5.92 Å². The van der Waals surface area contributed by atoms with Gasteiger partial charge in [-0.05, 0) is 43.5 Å². The normalized spacial score (nSPS) is 17.4. The lowest BCUT2D eigenvalue weighted by Crippen LogP contribution is -2.39. The maximum atomic E-state index is 12.3. The van der Waals surface area contributed by atoms with Crippen LogP contribution in [0.25, 0.3) is 0 Å². The largest absolute Gasteiger partial charge is 0.303 e. The van der Waals surface area contributed by atoms with Crippen LogP contribution in [0.2, 0.25) is 0 Å². The highest BCUT2D eigenvalue weighted by atomic mass is 16.2. The van der Waals surface area contributed by atoms with Crippen LogP contribution < -0.4 is 5.32 Å². The zero-order valence-corrected chi connectivity index (χ0v) is 14.1. The Morgan fingerprint density at radius 1 is 1.17 bits per heavy atom. The minimum absolute atomic E-state index is 0.0388. The summed E-state index contributed by atoms with van der Waals surface area (Å²) in [7, 11) is 0. The van der Waals surface area contributed by atoms with Crippen molar-refractivity contribution in [3.63, 3.8) is 0 Å². The van der Waals surface area contributed by atoms with Gasteiger partial charge in [0.1, 0.15) is 0 Å². The van der Waals surface area contributed by atoms with Crippen LogP contribution in [0.1, 0.15) is 31.2 Å². The first kappa shape index (κ1) is 16.6. The van der Waals surface area contributed by atoms with Crippen molar-refractivity contribution in [2.45, 2.75) is 25.7 Å². The number of carbonyl (C=O) groups is 1. The predicted octanol–water partition coefficient (Wildman–Crippen LogP) is 2.93. The lowest BCUT2D eigenvalue weighted by Gasteiger charge is -2.33. The van der Waals surface area contributed by atoms with Crippen LogP contribution in [-0.2, 0) is 4.79 Å². The zero-order chi connectivity index (χ0) is 16.8. The van der Waals surface area contributed by atoms with Crippen LogP contribution in [0.3, 0.4) is 0 Å². The summed E-state index contributed by atoms with van der Waals surface area (Å²) in [5, 5.41) is 2.81. The number of benzene rings is 1. The highest BCUT2D eigenvalue weighted by Gasteiger charge is 2.26. The minimum Gasteiger partial charge on any atom is -0.303 e. The molecule has 5 heteroatoms. The van der Waals surface area contributed by atoms with Crippen LogP contribution in [0.15, 0.2) is 48.8 Å². The van der Waals surface area contributed by atoms with E-state index >= 15 is 0 Å². The van der Waals surface area contributed by atoms with E-state index in [-0.39, 0.29) is 11.8 Å². The molecule has 1 fully saturated rings. The molecule has 1 N–H and O–H groups in total. The number of hydrogen-bond acceptors (Lipinski definition) is 4. The molecular weight excluding hydrogens is 300 g/mol. The Kier molecular flexibility index (Phi) is 5.54. The third kappa shape index (κ3) is 4.38. The summed E-state index contributed by atoms with van der Waals surface area (Å²) in [5.74, 6) is 0.992. The second-order valence-electron chi connectivity index (χ2n) is 6.45. The number of nitrogens with zero attached hydrogens (tertiary/aromatic N) is 3. The number of piperidine rings is 1. The lowest BCUT2D eigenvalue weighted by molar-refractivity contribution is -0.121. The molecule has 1 aromatic heterocycles. The van der Waals surface area contributed by atoms with Crippen LogP contribution >= 0.6 is 0 Å². The monoisotopic (exact) mass is 324 g/mol. The third-order valence-corrected chi connectivity index (χ3v) is 4.66. The Morgan fingerprint density at radius 2 is 1.83 bits per heavy atom. The number of nitrogens with one attached hydrogen (secondary N) is 1. The first-order chi connectivity index (χ1) is 11.7. The molecule has 0 aliphatic carbocycles. The molecule has 0 radical (unpaired) electrons. The predicted molar refractivity (Wildman–Crippen MR) is 94.7 cm³/mol. The van der Waals surface area contributed by atoms with Crippen molar-refractivity contribution in [1.82, 2.24) is 14.9 Å². The number of anilines is 1. The Morgan fingerprint density at radius 3 is 2.50 bits per heavy atom. The lowest BCUT2D eigenvalue weighted by atomic mass is 9.94. The van der Waals surface area contributed by atoms with Gasteiger partial charge in [0.2, 0.25) is 11.9 Å². The highest BCUT2D eigenvalue weighted by molar-refractivity contribution is 5.90. The Bertz CT molecular complexity index is 639. The Hall–Kier alpha value is -2.27. The molecule has 1 atom stereocenters. The van der Waals surface area contributed by atoms with Gasteiger partial charge in [0, 0.05) is 24.9 Å². The van der Waals surface area contributed by atoms with Crippen molar-refractivity contribution >= 4 is 11.9 Å². The molecule has 0 bridgehead atoms. The highest BCUT2D eigenvalue weighted by Crippen LogP contribution is 2.22. The molecule has 5 nitrogen and oxygen atoms in total. The molecule has 3 rings (SSSR count). The summed E-state index contributed by atoms with van der Waals surface area (Å²) in [6, 6.07) is 12.3. The van der Waals surface area contributed by atoms with Crippen molar-refractivity contribution in [2.75, 3.05) is 25.0 Å². The van der Waals surface area contributed by atoms with Gasteiger partial charge in [-0.2, -0.15) is 0 Å². The molecule has 1 aromatic carbocycles. The molecule has 126 valence electrons. The van der Waals surface area contributed by atoms with Crippen molar-refractivity contribution in [1.29, 1.82) is 0 Å². The molecular formula is C19H24N4O. The van der Waals surface area contributed by atoms with Crippen molar-refractivity contribution in [3.8, 4) is 0 Å². The number of aromatic nitrogens is 2. The third-order valence-electron chi connectivity index (χ3n) is 4.66. The van der Waals surface area contributed by atoms with E-state index in [0.717, 1.165) is 32.5 Å². The molecule has 1 aliphatic rings. The SMILES string of the molecule is C[C@@H](CN1CCC(C(=O)Nc2ncccn2)CC1)c1ccccc1. The van der Waals surface area contributed by atoms with Gasteiger partial charge in [0.15, 0.2) is 0 Å². The van der Waals surface area contributed by atoms with Gasteiger partial charge in [0.05, 0.1) is 0 Å². The van der Waals surface area contributed by atoms with Crippen LogP contribution in [-0.4, -0.2) is 40.4 Å². The number of hydrogen-bond donors (Lipinski definition) is 1. The molecule has 2 aromatic rings. The van der Waals surface area contributed by atoms with E-state index in [1.54, 1.807) is 18.5 Å². The smallest absolute Gasteiger partial charge is 0.229 e. The summed E-state index contributed by atoms with van der Waals surface area (Å²) in [5.41, 5.74) is 1.37. The van der Waals surface area contributed by atoms with Gasteiger partial charge < -0.3 is 4.90 Å². The van der Waals surface area contributed by atoms with E-state index < -0.39 is 0 Å². The van der Waals surface area contributed by atoms with E-state index in [2.05, 4.69) is 57.4 Å². The van der Waals surface area contributed by atoms with E-state index in [4.69, 9.17) is 0 Å². The second-order valence-corrected chi connectivity index (χ2v) is 6.45. The molecule has 2 heterocycles. The van der Waals surface area contributed by atoms with Gasteiger partial charge in [-0.15, -0.1) is 0 Å². The Labute approximate surface area is 143 Å². The fraction of sp³-hybridized carbons (Fsp3) is 0.421. The number of rotatable bonds is 5. The molecule has 1 aliphatic heterocycles. The van der Waals surface area contributed by atoms with Gasteiger partial charge in [-0.1, -0.05) is 37.3 Å². The van der Waals surface area contributed by atoms with E-state index in [0.29, 0.717) is 11.9 Å². The number of likely N-dealkylation sites (tertiary alicyclic amines) is 1.